The van der Waals surface area contributed by atoms with Crippen molar-refractivity contribution < 1.29 is 9.94 Å². The van der Waals surface area contributed by atoms with Crippen molar-refractivity contribution in [2.45, 2.75) is 51.9 Å². The van der Waals surface area contributed by atoms with Crippen LogP contribution in [-0.2, 0) is 6.42 Å². The molecule has 104 valence electrons. The van der Waals surface area contributed by atoms with E-state index in [0.29, 0.717) is 0 Å². The maximum atomic E-state index is 8.95. The van der Waals surface area contributed by atoms with Gasteiger partial charge in [0, 0.05) is 11.1 Å². The standard InChI is InChI=1S/C16H23NO2/c1-2-3-4-5-6-12-19-16-9-7-8-13-14(16)10-11-15(13)17-18/h7-9,18H,2-6,10-12H2,1H3. The van der Waals surface area contributed by atoms with Crippen molar-refractivity contribution in [3.05, 3.63) is 29.3 Å². The van der Waals surface area contributed by atoms with Crippen molar-refractivity contribution in [3.8, 4) is 5.75 Å². The molecule has 0 saturated heterocycles. The van der Waals surface area contributed by atoms with Crippen LogP contribution < -0.4 is 4.74 Å². The van der Waals surface area contributed by atoms with Gasteiger partial charge in [0.25, 0.3) is 0 Å². The molecule has 0 fully saturated rings. The molecule has 0 saturated carbocycles. The van der Waals surface area contributed by atoms with Crippen LogP contribution in [0.1, 0.15) is 56.6 Å². The van der Waals surface area contributed by atoms with Crippen molar-refractivity contribution >= 4 is 5.71 Å². The molecule has 0 heterocycles. The van der Waals surface area contributed by atoms with Crippen LogP contribution in [0.2, 0.25) is 0 Å². The van der Waals surface area contributed by atoms with E-state index in [4.69, 9.17) is 9.94 Å². The summed E-state index contributed by atoms with van der Waals surface area (Å²) in [6, 6.07) is 6.00. The number of benzene rings is 1. The summed E-state index contributed by atoms with van der Waals surface area (Å²) >= 11 is 0. The van der Waals surface area contributed by atoms with Gasteiger partial charge in [-0.1, -0.05) is 49.9 Å². The Kier molecular flexibility index (Phi) is 5.25. The van der Waals surface area contributed by atoms with Crippen LogP contribution in [0.4, 0.5) is 0 Å². The summed E-state index contributed by atoms with van der Waals surface area (Å²) in [5, 5.41) is 12.3. The van der Waals surface area contributed by atoms with Gasteiger partial charge in [0.2, 0.25) is 0 Å². The Bertz CT molecular complexity index is 440. The molecule has 0 aliphatic heterocycles. The average Bonchev–Trinajstić information content (AvgIpc) is 2.86. The first-order valence-corrected chi connectivity index (χ1v) is 7.32. The molecule has 0 spiro atoms. The molecule has 1 aromatic carbocycles. The topological polar surface area (TPSA) is 41.8 Å². The van der Waals surface area contributed by atoms with E-state index >= 15 is 0 Å². The molecule has 0 amide bonds. The zero-order valence-electron chi connectivity index (χ0n) is 11.7. The highest BCUT2D eigenvalue weighted by Gasteiger charge is 2.21. The molecule has 0 atom stereocenters. The van der Waals surface area contributed by atoms with Gasteiger partial charge < -0.3 is 9.94 Å². The third-order valence-corrected chi connectivity index (χ3v) is 3.68. The molecule has 3 nitrogen and oxygen atoms in total. The molecule has 1 aromatic rings. The summed E-state index contributed by atoms with van der Waals surface area (Å²) in [6.45, 7) is 3.01. The lowest BCUT2D eigenvalue weighted by molar-refractivity contribution is 0.302. The highest BCUT2D eigenvalue weighted by atomic mass is 16.5. The summed E-state index contributed by atoms with van der Waals surface area (Å²) in [5.74, 6) is 0.964. The molecule has 0 unspecified atom stereocenters. The summed E-state index contributed by atoms with van der Waals surface area (Å²) in [4.78, 5) is 0. The molecule has 1 aliphatic carbocycles. The molecule has 0 aromatic heterocycles. The minimum Gasteiger partial charge on any atom is -0.493 e. The van der Waals surface area contributed by atoms with Gasteiger partial charge in [-0.3, -0.25) is 0 Å². The molecule has 1 aliphatic rings. The fourth-order valence-electron chi connectivity index (χ4n) is 2.60. The molecule has 2 rings (SSSR count). The molecular formula is C16H23NO2. The van der Waals surface area contributed by atoms with E-state index in [9.17, 15) is 0 Å². The maximum Gasteiger partial charge on any atom is 0.123 e. The SMILES string of the molecule is CCCCCCCOc1cccc2c1CCC2=NO. The van der Waals surface area contributed by atoms with Crippen molar-refractivity contribution in [3.63, 3.8) is 0 Å². The van der Waals surface area contributed by atoms with Gasteiger partial charge in [-0.15, -0.1) is 0 Å². The Morgan fingerprint density at radius 2 is 2.00 bits per heavy atom. The monoisotopic (exact) mass is 261 g/mol. The predicted octanol–water partition coefficient (Wildman–Crippen LogP) is 4.16. The molecule has 0 bridgehead atoms. The molecule has 0 radical (unpaired) electrons. The van der Waals surface area contributed by atoms with Gasteiger partial charge in [0.1, 0.15) is 5.75 Å². The first kappa shape index (κ1) is 13.9. The number of rotatable bonds is 7. The smallest absolute Gasteiger partial charge is 0.123 e. The van der Waals surface area contributed by atoms with Gasteiger partial charge in [0.15, 0.2) is 0 Å². The van der Waals surface area contributed by atoms with Gasteiger partial charge >= 0.3 is 0 Å². The van der Waals surface area contributed by atoms with E-state index in [1.54, 1.807) is 0 Å². The lowest BCUT2D eigenvalue weighted by Gasteiger charge is -2.10. The van der Waals surface area contributed by atoms with Crippen LogP contribution in [0.3, 0.4) is 0 Å². The van der Waals surface area contributed by atoms with E-state index in [-0.39, 0.29) is 0 Å². The second kappa shape index (κ2) is 7.17. The van der Waals surface area contributed by atoms with Crippen molar-refractivity contribution in [2.75, 3.05) is 6.61 Å². The Morgan fingerprint density at radius 3 is 2.79 bits per heavy atom. The first-order valence-electron chi connectivity index (χ1n) is 7.32. The van der Waals surface area contributed by atoms with Gasteiger partial charge in [-0.05, 0) is 25.3 Å². The number of fused-ring (bicyclic) bond motifs is 1. The number of ether oxygens (including phenoxy) is 1. The van der Waals surface area contributed by atoms with E-state index < -0.39 is 0 Å². The Labute approximate surface area is 115 Å². The van der Waals surface area contributed by atoms with E-state index in [2.05, 4.69) is 12.1 Å². The zero-order chi connectivity index (χ0) is 13.5. The molecule has 1 N–H and O–H groups in total. The lowest BCUT2D eigenvalue weighted by atomic mass is 10.1. The van der Waals surface area contributed by atoms with Crippen LogP contribution in [0.25, 0.3) is 0 Å². The highest BCUT2D eigenvalue weighted by molar-refractivity contribution is 6.04. The van der Waals surface area contributed by atoms with Gasteiger partial charge in [-0.25, -0.2) is 0 Å². The van der Waals surface area contributed by atoms with Crippen LogP contribution >= 0.6 is 0 Å². The van der Waals surface area contributed by atoms with E-state index in [0.717, 1.165) is 42.9 Å². The van der Waals surface area contributed by atoms with Gasteiger partial charge in [0.05, 0.1) is 12.3 Å². The molecule has 19 heavy (non-hydrogen) atoms. The third kappa shape index (κ3) is 3.49. The third-order valence-electron chi connectivity index (χ3n) is 3.68. The van der Waals surface area contributed by atoms with Crippen LogP contribution in [0, 0.1) is 0 Å². The highest BCUT2D eigenvalue weighted by Crippen LogP contribution is 2.31. The van der Waals surface area contributed by atoms with E-state index in [1.807, 2.05) is 18.2 Å². The Balaban J connectivity index is 1.87. The second-order valence-corrected chi connectivity index (χ2v) is 5.09. The fraction of sp³-hybridized carbons (Fsp3) is 0.562. The molecular weight excluding hydrogens is 238 g/mol. The van der Waals surface area contributed by atoms with Crippen LogP contribution in [0.15, 0.2) is 23.4 Å². The van der Waals surface area contributed by atoms with Gasteiger partial charge in [-0.2, -0.15) is 0 Å². The minimum absolute atomic E-state index is 0.781. The normalized spacial score (nSPS) is 15.7. The predicted molar refractivity (Wildman–Crippen MR) is 77.3 cm³/mol. The summed E-state index contributed by atoms with van der Waals surface area (Å²) in [6.07, 6.45) is 7.97. The maximum absolute atomic E-state index is 8.95. The largest absolute Gasteiger partial charge is 0.493 e. The van der Waals surface area contributed by atoms with Crippen molar-refractivity contribution in [2.24, 2.45) is 5.16 Å². The van der Waals surface area contributed by atoms with E-state index in [1.165, 1.54) is 31.2 Å². The second-order valence-electron chi connectivity index (χ2n) is 5.09. The fourth-order valence-corrected chi connectivity index (χ4v) is 2.60. The van der Waals surface area contributed by atoms with Crippen LogP contribution in [-0.4, -0.2) is 17.5 Å². The summed E-state index contributed by atoms with van der Waals surface area (Å²) in [5.41, 5.74) is 3.03. The first-order chi connectivity index (χ1) is 9.36. The number of oxime groups is 1. The summed E-state index contributed by atoms with van der Waals surface area (Å²) in [7, 11) is 0. The Morgan fingerprint density at radius 1 is 1.16 bits per heavy atom. The molecule has 3 heteroatoms. The Hall–Kier alpha value is -1.51. The minimum atomic E-state index is 0.781. The van der Waals surface area contributed by atoms with Crippen LogP contribution in [0.5, 0.6) is 5.75 Å². The number of hydrogen-bond donors (Lipinski definition) is 1. The number of unbranched alkanes of at least 4 members (excludes halogenated alkanes) is 4. The number of hydrogen-bond acceptors (Lipinski definition) is 3. The summed E-state index contributed by atoms with van der Waals surface area (Å²) < 4.78 is 5.89. The number of nitrogens with zero attached hydrogens (tertiary/aromatic N) is 1. The van der Waals surface area contributed by atoms with Crippen molar-refractivity contribution in [1.82, 2.24) is 0 Å². The van der Waals surface area contributed by atoms with Crippen molar-refractivity contribution in [1.29, 1.82) is 0 Å². The average molecular weight is 261 g/mol. The quantitative estimate of drug-likeness (QED) is 0.455. The lowest BCUT2D eigenvalue weighted by Crippen LogP contribution is -2.01. The zero-order valence-corrected chi connectivity index (χ0v) is 11.7.